The molecule has 1 aromatic carbocycles. The summed E-state index contributed by atoms with van der Waals surface area (Å²) in [5.74, 6) is 0.403. The smallest absolute Gasteiger partial charge is 0.181 e. The molecular formula is C11H5Cl3O2S. The van der Waals surface area contributed by atoms with Gasteiger partial charge in [-0.2, -0.15) is 0 Å². The molecule has 0 fully saturated rings. The first-order valence-corrected chi connectivity index (χ1v) is 6.42. The highest BCUT2D eigenvalue weighted by Crippen LogP contribution is 2.38. The number of hydrogen-bond donors (Lipinski definition) is 0. The van der Waals surface area contributed by atoms with E-state index >= 15 is 0 Å². The zero-order valence-corrected chi connectivity index (χ0v) is 11.3. The Hall–Kier alpha value is -0.740. The van der Waals surface area contributed by atoms with Gasteiger partial charge in [-0.3, -0.25) is 4.79 Å². The lowest BCUT2D eigenvalue weighted by Gasteiger charge is -2.06. The molecular weight excluding hydrogens is 303 g/mol. The molecule has 0 saturated heterocycles. The molecule has 0 aliphatic carbocycles. The topological polar surface area (TPSA) is 26.3 Å². The zero-order chi connectivity index (χ0) is 12.4. The van der Waals surface area contributed by atoms with Crippen LogP contribution in [0.2, 0.25) is 15.1 Å². The molecule has 1 aromatic heterocycles. The number of carbonyl (C=O) groups excluding carboxylic acids is 1. The zero-order valence-electron chi connectivity index (χ0n) is 8.25. The maximum atomic E-state index is 10.5. The third-order valence-electron chi connectivity index (χ3n) is 1.90. The maximum absolute atomic E-state index is 10.5. The third-order valence-corrected chi connectivity index (χ3v) is 3.81. The summed E-state index contributed by atoms with van der Waals surface area (Å²) in [6.45, 7) is 0. The van der Waals surface area contributed by atoms with Crippen molar-refractivity contribution in [1.29, 1.82) is 0 Å². The predicted molar refractivity (Wildman–Crippen MR) is 71.3 cm³/mol. The second-order valence-electron chi connectivity index (χ2n) is 3.07. The van der Waals surface area contributed by atoms with Crippen LogP contribution in [0.15, 0.2) is 24.3 Å². The van der Waals surface area contributed by atoms with Crippen LogP contribution in [0, 0.1) is 0 Å². The van der Waals surface area contributed by atoms with Crippen LogP contribution in [0.3, 0.4) is 0 Å². The van der Waals surface area contributed by atoms with Gasteiger partial charge in [0.05, 0.1) is 19.9 Å². The van der Waals surface area contributed by atoms with Crippen molar-refractivity contribution in [1.82, 2.24) is 0 Å². The summed E-state index contributed by atoms with van der Waals surface area (Å²) >= 11 is 18.8. The quantitative estimate of drug-likeness (QED) is 0.567. The van der Waals surface area contributed by atoms with Gasteiger partial charge in [0.2, 0.25) is 0 Å². The van der Waals surface area contributed by atoms with Crippen molar-refractivity contribution in [2.45, 2.75) is 0 Å². The van der Waals surface area contributed by atoms with Gasteiger partial charge in [0.1, 0.15) is 5.75 Å². The minimum atomic E-state index is 0.359. The van der Waals surface area contributed by atoms with Gasteiger partial charge in [0, 0.05) is 6.07 Å². The summed E-state index contributed by atoms with van der Waals surface area (Å²) < 4.78 is 5.51. The van der Waals surface area contributed by atoms with E-state index in [1.807, 2.05) is 0 Å². The molecule has 0 aliphatic rings. The van der Waals surface area contributed by atoms with Crippen molar-refractivity contribution >= 4 is 52.4 Å². The average molecular weight is 308 g/mol. The Bertz CT molecular complexity index is 566. The summed E-state index contributed by atoms with van der Waals surface area (Å²) in [7, 11) is 0. The van der Waals surface area contributed by atoms with Crippen LogP contribution in [-0.2, 0) is 0 Å². The average Bonchev–Trinajstić information content (AvgIpc) is 2.73. The molecule has 0 bridgehead atoms. The second-order valence-corrected chi connectivity index (χ2v) is 5.37. The molecule has 0 spiro atoms. The van der Waals surface area contributed by atoms with Crippen LogP contribution in [0.1, 0.15) is 9.67 Å². The molecule has 88 valence electrons. The van der Waals surface area contributed by atoms with Crippen molar-refractivity contribution < 1.29 is 9.53 Å². The van der Waals surface area contributed by atoms with Crippen LogP contribution in [0.4, 0.5) is 0 Å². The molecule has 0 aliphatic heterocycles. The standard InChI is InChI=1S/C11H5Cl3O2S/c12-7-3-9(14)10(4-8(7)13)16-11-2-1-6(5-15)17-11/h1-5H. The number of thiophene rings is 1. The molecule has 0 unspecified atom stereocenters. The Balaban J connectivity index is 2.29. The first kappa shape index (κ1) is 12.7. The van der Waals surface area contributed by atoms with Gasteiger partial charge in [-0.05, 0) is 18.2 Å². The Labute approximate surface area is 117 Å². The summed E-state index contributed by atoms with van der Waals surface area (Å²) in [4.78, 5) is 11.1. The maximum Gasteiger partial charge on any atom is 0.181 e. The van der Waals surface area contributed by atoms with E-state index in [4.69, 9.17) is 39.5 Å². The highest BCUT2D eigenvalue weighted by molar-refractivity contribution is 7.15. The van der Waals surface area contributed by atoms with Crippen molar-refractivity contribution in [3.63, 3.8) is 0 Å². The monoisotopic (exact) mass is 306 g/mol. The number of carbonyl (C=O) groups is 1. The van der Waals surface area contributed by atoms with Gasteiger partial charge in [0.15, 0.2) is 11.3 Å². The number of aldehydes is 1. The molecule has 2 nitrogen and oxygen atoms in total. The summed E-state index contributed by atoms with van der Waals surface area (Å²) in [5, 5.41) is 1.65. The Kier molecular flexibility index (Phi) is 3.94. The molecule has 6 heteroatoms. The summed E-state index contributed by atoms with van der Waals surface area (Å²) in [6.07, 6.45) is 0.758. The van der Waals surface area contributed by atoms with Crippen LogP contribution >= 0.6 is 46.1 Å². The van der Waals surface area contributed by atoms with E-state index in [0.29, 0.717) is 30.8 Å². The van der Waals surface area contributed by atoms with Gasteiger partial charge < -0.3 is 4.74 Å². The first-order valence-electron chi connectivity index (χ1n) is 4.47. The Morgan fingerprint density at radius 3 is 2.41 bits per heavy atom. The van der Waals surface area contributed by atoms with Crippen LogP contribution in [0.5, 0.6) is 10.8 Å². The fraction of sp³-hybridized carbons (Fsp3) is 0. The summed E-state index contributed by atoms with van der Waals surface area (Å²) in [5.41, 5.74) is 0. The van der Waals surface area contributed by atoms with Crippen LogP contribution in [-0.4, -0.2) is 6.29 Å². The van der Waals surface area contributed by atoms with Crippen molar-refractivity contribution in [2.75, 3.05) is 0 Å². The molecule has 0 saturated carbocycles. The number of rotatable bonds is 3. The third kappa shape index (κ3) is 2.93. The minimum Gasteiger partial charge on any atom is -0.445 e. The molecule has 2 aromatic rings. The van der Waals surface area contributed by atoms with Gasteiger partial charge >= 0.3 is 0 Å². The summed E-state index contributed by atoms with van der Waals surface area (Å²) in [6, 6.07) is 6.40. The highest BCUT2D eigenvalue weighted by atomic mass is 35.5. The fourth-order valence-corrected chi connectivity index (χ4v) is 2.40. The largest absolute Gasteiger partial charge is 0.445 e. The predicted octanol–water partition coefficient (Wildman–Crippen LogP) is 5.31. The SMILES string of the molecule is O=Cc1ccc(Oc2cc(Cl)c(Cl)cc2Cl)s1. The molecule has 17 heavy (non-hydrogen) atoms. The van der Waals surface area contributed by atoms with E-state index in [9.17, 15) is 4.79 Å². The molecule has 0 amide bonds. The van der Waals surface area contributed by atoms with Gasteiger partial charge in [0.25, 0.3) is 0 Å². The number of benzene rings is 1. The van der Waals surface area contributed by atoms with E-state index in [1.165, 1.54) is 23.5 Å². The van der Waals surface area contributed by atoms with E-state index in [2.05, 4.69) is 0 Å². The first-order chi connectivity index (χ1) is 8.10. The normalized spacial score (nSPS) is 10.3. The van der Waals surface area contributed by atoms with Gasteiger partial charge in [-0.15, -0.1) is 0 Å². The fourth-order valence-electron chi connectivity index (χ4n) is 1.14. The number of hydrogen-bond acceptors (Lipinski definition) is 3. The van der Waals surface area contributed by atoms with Crippen LogP contribution < -0.4 is 4.74 Å². The molecule has 2 rings (SSSR count). The van der Waals surface area contributed by atoms with Gasteiger partial charge in [-0.25, -0.2) is 0 Å². The van der Waals surface area contributed by atoms with Crippen LogP contribution in [0.25, 0.3) is 0 Å². The number of halogens is 3. The van der Waals surface area contributed by atoms with Crippen molar-refractivity contribution in [3.8, 4) is 10.8 Å². The van der Waals surface area contributed by atoms with E-state index in [0.717, 1.165) is 6.29 Å². The lowest BCUT2D eigenvalue weighted by Crippen LogP contribution is -1.83. The molecule has 0 N–H and O–H groups in total. The Morgan fingerprint density at radius 2 is 1.76 bits per heavy atom. The lowest BCUT2D eigenvalue weighted by molar-refractivity contribution is 0.112. The number of ether oxygens (including phenoxy) is 1. The molecule has 0 atom stereocenters. The van der Waals surface area contributed by atoms with E-state index < -0.39 is 0 Å². The lowest BCUT2D eigenvalue weighted by atomic mass is 10.3. The Morgan fingerprint density at radius 1 is 1.06 bits per heavy atom. The molecule has 1 heterocycles. The van der Waals surface area contributed by atoms with E-state index in [-0.39, 0.29) is 0 Å². The van der Waals surface area contributed by atoms with Crippen molar-refractivity contribution in [2.24, 2.45) is 0 Å². The minimum absolute atomic E-state index is 0.359. The highest BCUT2D eigenvalue weighted by Gasteiger charge is 2.09. The van der Waals surface area contributed by atoms with E-state index in [1.54, 1.807) is 12.1 Å². The van der Waals surface area contributed by atoms with Gasteiger partial charge in [-0.1, -0.05) is 46.1 Å². The second kappa shape index (κ2) is 5.27. The van der Waals surface area contributed by atoms with Crippen molar-refractivity contribution in [3.05, 3.63) is 44.2 Å². The molecule has 0 radical (unpaired) electrons.